The van der Waals surface area contributed by atoms with Gasteiger partial charge in [-0.05, 0) is 6.92 Å². The molecule has 1 fully saturated rings. The Kier molecular flexibility index (Phi) is 5.46. The van der Waals surface area contributed by atoms with Crippen molar-refractivity contribution in [3.63, 3.8) is 0 Å². The molecule has 20 heavy (non-hydrogen) atoms. The molecule has 114 valence electrons. The fourth-order valence-electron chi connectivity index (χ4n) is 1.97. The summed E-state index contributed by atoms with van der Waals surface area (Å²) < 4.78 is 19.8. The summed E-state index contributed by atoms with van der Waals surface area (Å²) in [4.78, 5) is 33.3. The molecule has 5 atom stereocenters. The van der Waals surface area contributed by atoms with Crippen LogP contribution in [0.15, 0.2) is 0 Å². The maximum absolute atomic E-state index is 11.8. The van der Waals surface area contributed by atoms with Crippen molar-refractivity contribution in [2.24, 2.45) is 0 Å². The second kappa shape index (κ2) is 6.67. The Morgan fingerprint density at radius 2 is 1.25 bits per heavy atom. The molecular formula is C12H17O8-. The molecule has 1 unspecified atom stereocenters. The van der Waals surface area contributed by atoms with Gasteiger partial charge < -0.3 is 24.1 Å². The van der Waals surface area contributed by atoms with E-state index in [0.29, 0.717) is 0 Å². The summed E-state index contributed by atoms with van der Waals surface area (Å²) in [6.07, 6.45) is -6.13. The molecule has 0 aromatic rings. The van der Waals surface area contributed by atoms with Crippen molar-refractivity contribution in [1.29, 1.82) is 0 Å². The van der Waals surface area contributed by atoms with Crippen molar-refractivity contribution in [1.82, 2.24) is 0 Å². The van der Waals surface area contributed by atoms with Gasteiger partial charge >= 0.3 is 17.9 Å². The van der Waals surface area contributed by atoms with E-state index in [0.717, 1.165) is 13.8 Å². The summed E-state index contributed by atoms with van der Waals surface area (Å²) in [7, 11) is 0. The first kappa shape index (κ1) is 16.4. The van der Waals surface area contributed by atoms with E-state index < -0.39 is 48.6 Å². The largest absolute Gasteiger partial charge is 0.828 e. The summed E-state index contributed by atoms with van der Waals surface area (Å²) in [6, 6.07) is 0. The lowest BCUT2D eigenvalue weighted by atomic mass is 9.99. The third-order valence-corrected chi connectivity index (χ3v) is 2.63. The molecule has 0 saturated carbocycles. The molecule has 1 saturated heterocycles. The van der Waals surface area contributed by atoms with Gasteiger partial charge in [-0.15, -0.1) is 0 Å². The van der Waals surface area contributed by atoms with Crippen LogP contribution in [0, 0.1) is 0 Å². The lowest BCUT2D eigenvalue weighted by molar-refractivity contribution is -0.530. The minimum atomic E-state index is -1.73. The zero-order valence-corrected chi connectivity index (χ0v) is 11.7. The van der Waals surface area contributed by atoms with Gasteiger partial charge in [0.25, 0.3) is 0 Å². The number of carbonyl (C=O) groups is 3. The van der Waals surface area contributed by atoms with Crippen molar-refractivity contribution in [2.45, 2.75) is 58.4 Å². The van der Waals surface area contributed by atoms with Crippen LogP contribution in [0.5, 0.6) is 0 Å². The van der Waals surface area contributed by atoms with E-state index in [1.54, 1.807) is 0 Å². The third kappa shape index (κ3) is 4.17. The van der Waals surface area contributed by atoms with Crippen LogP contribution >= 0.6 is 0 Å². The predicted octanol–water partition coefficient (Wildman–Crippen LogP) is -1.11. The summed E-state index contributed by atoms with van der Waals surface area (Å²) in [5.41, 5.74) is 0. The van der Waals surface area contributed by atoms with Crippen LogP contribution in [0.3, 0.4) is 0 Å². The van der Waals surface area contributed by atoms with Gasteiger partial charge in [-0.1, -0.05) is 0 Å². The molecule has 0 spiro atoms. The van der Waals surface area contributed by atoms with E-state index >= 15 is 0 Å². The van der Waals surface area contributed by atoms with Crippen LogP contribution < -0.4 is 5.11 Å². The van der Waals surface area contributed by atoms with Gasteiger partial charge in [0, 0.05) is 27.1 Å². The quantitative estimate of drug-likeness (QED) is 0.475. The Morgan fingerprint density at radius 3 is 1.70 bits per heavy atom. The minimum Gasteiger partial charge on any atom is -0.828 e. The zero-order valence-electron chi connectivity index (χ0n) is 11.7. The Morgan fingerprint density at radius 1 is 0.850 bits per heavy atom. The Balaban J connectivity index is 3.01. The van der Waals surface area contributed by atoms with Gasteiger partial charge in [0.15, 0.2) is 18.3 Å². The Bertz CT molecular complexity index is 365. The van der Waals surface area contributed by atoms with Crippen LogP contribution in [0.25, 0.3) is 0 Å². The minimum absolute atomic E-state index is 0.631. The monoisotopic (exact) mass is 289 g/mol. The molecule has 0 bridgehead atoms. The molecule has 8 heteroatoms. The highest BCUT2D eigenvalue weighted by molar-refractivity contribution is 5.68. The topological polar surface area (TPSA) is 111 Å². The molecule has 0 amide bonds. The average Bonchev–Trinajstić information content (AvgIpc) is 2.27. The average molecular weight is 289 g/mol. The Labute approximate surface area is 115 Å². The number of hydrogen-bond donors (Lipinski definition) is 0. The van der Waals surface area contributed by atoms with E-state index in [9.17, 15) is 19.5 Å². The summed E-state index contributed by atoms with van der Waals surface area (Å²) in [5.74, 6) is -2.05. The van der Waals surface area contributed by atoms with Crippen LogP contribution in [0.4, 0.5) is 0 Å². The van der Waals surface area contributed by atoms with E-state index in [1.165, 1.54) is 13.8 Å². The standard InChI is InChI=1S/C12H17O8/c1-5-9(18-6(2)13)10(19-7(3)14)11(12(16)17-5)20-8(4)15/h5,9-12H,1-4H3/q-1/t5-,9+,10+,11-,12?/m0/s1. The maximum Gasteiger partial charge on any atom is 0.303 e. The van der Waals surface area contributed by atoms with E-state index in [1.807, 2.05) is 0 Å². The summed E-state index contributed by atoms with van der Waals surface area (Å²) >= 11 is 0. The zero-order chi connectivity index (χ0) is 15.4. The number of esters is 3. The normalized spacial score (nSPS) is 33.1. The molecule has 1 heterocycles. The smallest absolute Gasteiger partial charge is 0.303 e. The first-order chi connectivity index (χ1) is 9.22. The number of hydrogen-bond acceptors (Lipinski definition) is 8. The molecule has 0 aromatic heterocycles. The van der Waals surface area contributed by atoms with E-state index in [-0.39, 0.29) is 0 Å². The van der Waals surface area contributed by atoms with Crippen LogP contribution in [0.1, 0.15) is 27.7 Å². The van der Waals surface area contributed by atoms with Crippen molar-refractivity contribution < 1.29 is 38.4 Å². The fraction of sp³-hybridized carbons (Fsp3) is 0.750. The fourth-order valence-corrected chi connectivity index (χ4v) is 1.97. The van der Waals surface area contributed by atoms with Gasteiger partial charge in [0.1, 0.15) is 0 Å². The summed E-state index contributed by atoms with van der Waals surface area (Å²) in [6.45, 7) is 4.91. The highest BCUT2D eigenvalue weighted by atomic mass is 16.7. The molecular weight excluding hydrogens is 272 g/mol. The van der Waals surface area contributed by atoms with Gasteiger partial charge in [-0.25, -0.2) is 0 Å². The molecule has 1 aliphatic heterocycles. The number of ether oxygens (including phenoxy) is 4. The van der Waals surface area contributed by atoms with Crippen LogP contribution in [-0.4, -0.2) is 48.6 Å². The molecule has 0 aliphatic carbocycles. The second-order valence-electron chi connectivity index (χ2n) is 4.43. The maximum atomic E-state index is 11.8. The molecule has 0 radical (unpaired) electrons. The second-order valence-corrected chi connectivity index (χ2v) is 4.43. The lowest BCUT2D eigenvalue weighted by Gasteiger charge is -2.46. The van der Waals surface area contributed by atoms with Crippen LogP contribution in [-0.2, 0) is 33.3 Å². The van der Waals surface area contributed by atoms with Crippen molar-refractivity contribution in [3.8, 4) is 0 Å². The Hall–Kier alpha value is -1.67. The highest BCUT2D eigenvalue weighted by Crippen LogP contribution is 2.26. The first-order valence-corrected chi connectivity index (χ1v) is 6.05. The summed E-state index contributed by atoms with van der Waals surface area (Å²) in [5, 5.41) is 11.8. The highest BCUT2D eigenvalue weighted by Gasteiger charge is 2.46. The van der Waals surface area contributed by atoms with Crippen molar-refractivity contribution >= 4 is 17.9 Å². The molecule has 0 aromatic carbocycles. The molecule has 1 rings (SSSR count). The van der Waals surface area contributed by atoms with E-state index in [2.05, 4.69) is 0 Å². The van der Waals surface area contributed by atoms with Gasteiger partial charge in [-0.3, -0.25) is 14.4 Å². The molecule has 0 N–H and O–H groups in total. The van der Waals surface area contributed by atoms with E-state index in [4.69, 9.17) is 18.9 Å². The first-order valence-electron chi connectivity index (χ1n) is 6.05. The van der Waals surface area contributed by atoms with Gasteiger partial charge in [0.05, 0.1) is 6.10 Å². The third-order valence-electron chi connectivity index (χ3n) is 2.63. The molecule has 8 nitrogen and oxygen atoms in total. The lowest BCUT2D eigenvalue weighted by Crippen LogP contribution is -2.64. The van der Waals surface area contributed by atoms with Gasteiger partial charge in [-0.2, -0.15) is 0 Å². The number of carbonyl (C=O) groups excluding carboxylic acids is 3. The van der Waals surface area contributed by atoms with Crippen molar-refractivity contribution in [2.75, 3.05) is 0 Å². The van der Waals surface area contributed by atoms with Gasteiger partial charge in [0.2, 0.25) is 0 Å². The predicted molar refractivity (Wildman–Crippen MR) is 61.0 cm³/mol. The van der Waals surface area contributed by atoms with Crippen LogP contribution in [0.2, 0.25) is 0 Å². The number of rotatable bonds is 3. The molecule has 1 aliphatic rings. The van der Waals surface area contributed by atoms with Crippen molar-refractivity contribution in [3.05, 3.63) is 0 Å². The SMILES string of the molecule is CC(=O)O[C@@H]1[C@H](OC(C)=O)[C@H](C)OC([O-])[C@H]1OC(C)=O.